The summed E-state index contributed by atoms with van der Waals surface area (Å²) in [5.74, 6) is 0.861. The van der Waals surface area contributed by atoms with Crippen molar-refractivity contribution in [1.29, 1.82) is 0 Å². The van der Waals surface area contributed by atoms with Gasteiger partial charge in [-0.25, -0.2) is 0 Å². The van der Waals surface area contributed by atoms with E-state index in [0.717, 1.165) is 30.0 Å². The van der Waals surface area contributed by atoms with Gasteiger partial charge in [0.15, 0.2) is 0 Å². The second-order valence-electron chi connectivity index (χ2n) is 4.78. The fourth-order valence-electron chi connectivity index (χ4n) is 2.09. The van der Waals surface area contributed by atoms with Crippen LogP contribution in [-0.2, 0) is 17.8 Å². The van der Waals surface area contributed by atoms with Gasteiger partial charge >= 0.3 is 0 Å². The number of nitrogens with zero attached hydrogens (tertiary/aromatic N) is 3. The van der Waals surface area contributed by atoms with Crippen LogP contribution in [0.2, 0.25) is 0 Å². The third-order valence-electron chi connectivity index (χ3n) is 3.23. The Morgan fingerprint density at radius 3 is 2.95 bits per heavy atom. The van der Waals surface area contributed by atoms with Crippen molar-refractivity contribution in [2.45, 2.75) is 39.7 Å². The molecule has 0 radical (unpaired) electrons. The third kappa shape index (κ3) is 3.94. The van der Waals surface area contributed by atoms with E-state index in [2.05, 4.69) is 15.6 Å². The first-order valence-corrected chi connectivity index (χ1v) is 6.82. The maximum Gasteiger partial charge on any atom is 0.220 e. The molecule has 2 aromatic rings. The van der Waals surface area contributed by atoms with Gasteiger partial charge in [0.25, 0.3) is 0 Å². The summed E-state index contributed by atoms with van der Waals surface area (Å²) in [7, 11) is 0. The van der Waals surface area contributed by atoms with E-state index in [-0.39, 0.29) is 5.91 Å². The lowest BCUT2D eigenvalue weighted by Gasteiger charge is -2.05. The monoisotopic (exact) mass is 276 g/mol. The van der Waals surface area contributed by atoms with Crippen molar-refractivity contribution < 1.29 is 9.32 Å². The van der Waals surface area contributed by atoms with Gasteiger partial charge in [-0.3, -0.25) is 9.48 Å². The minimum Gasteiger partial charge on any atom is -0.361 e. The Labute approximate surface area is 118 Å². The Morgan fingerprint density at radius 1 is 1.45 bits per heavy atom. The van der Waals surface area contributed by atoms with E-state index < -0.39 is 0 Å². The minimum absolute atomic E-state index is 0.0606. The summed E-state index contributed by atoms with van der Waals surface area (Å²) < 4.78 is 6.93. The molecular formula is C14H20N4O2. The molecule has 0 spiro atoms. The van der Waals surface area contributed by atoms with Crippen molar-refractivity contribution in [1.82, 2.24) is 20.3 Å². The molecule has 0 saturated heterocycles. The fraction of sp³-hybridized carbons (Fsp3) is 0.500. The van der Waals surface area contributed by atoms with Crippen molar-refractivity contribution in [3.05, 3.63) is 35.5 Å². The molecule has 108 valence electrons. The number of rotatable bonds is 7. The van der Waals surface area contributed by atoms with Gasteiger partial charge in [-0.1, -0.05) is 5.16 Å². The van der Waals surface area contributed by atoms with E-state index in [1.165, 1.54) is 0 Å². The lowest BCUT2D eigenvalue weighted by Crippen LogP contribution is -2.25. The minimum atomic E-state index is 0.0606. The lowest BCUT2D eigenvalue weighted by atomic mass is 10.1. The topological polar surface area (TPSA) is 73.0 Å². The van der Waals surface area contributed by atoms with Crippen LogP contribution in [0.3, 0.4) is 0 Å². The van der Waals surface area contributed by atoms with E-state index in [1.54, 1.807) is 6.20 Å². The number of aromatic nitrogens is 3. The Bertz CT molecular complexity index is 526. The van der Waals surface area contributed by atoms with Gasteiger partial charge in [-0.2, -0.15) is 5.10 Å². The molecule has 0 aliphatic heterocycles. The van der Waals surface area contributed by atoms with Crippen molar-refractivity contribution in [3.8, 4) is 0 Å². The number of hydrogen-bond acceptors (Lipinski definition) is 4. The molecule has 0 aliphatic rings. The smallest absolute Gasteiger partial charge is 0.220 e. The zero-order chi connectivity index (χ0) is 14.4. The van der Waals surface area contributed by atoms with Gasteiger partial charge in [-0.05, 0) is 32.8 Å². The van der Waals surface area contributed by atoms with E-state index in [9.17, 15) is 4.79 Å². The average molecular weight is 276 g/mol. The predicted molar refractivity (Wildman–Crippen MR) is 74.2 cm³/mol. The summed E-state index contributed by atoms with van der Waals surface area (Å²) in [6.45, 7) is 5.25. The second kappa shape index (κ2) is 6.88. The van der Waals surface area contributed by atoms with Gasteiger partial charge in [0.1, 0.15) is 5.76 Å². The van der Waals surface area contributed by atoms with Crippen LogP contribution in [0.25, 0.3) is 0 Å². The van der Waals surface area contributed by atoms with Crippen LogP contribution in [0.4, 0.5) is 0 Å². The number of aryl methyl sites for hydroxylation is 3. The number of nitrogens with one attached hydrogen (secondary N) is 1. The fourth-order valence-corrected chi connectivity index (χ4v) is 2.09. The molecule has 2 aromatic heterocycles. The van der Waals surface area contributed by atoms with Crippen LogP contribution in [-0.4, -0.2) is 27.4 Å². The molecule has 20 heavy (non-hydrogen) atoms. The molecule has 2 rings (SSSR count). The van der Waals surface area contributed by atoms with Gasteiger partial charge in [-0.15, -0.1) is 0 Å². The number of amides is 1. The second-order valence-corrected chi connectivity index (χ2v) is 4.78. The molecule has 0 fully saturated rings. The highest BCUT2D eigenvalue weighted by Crippen LogP contribution is 2.13. The Morgan fingerprint density at radius 2 is 2.30 bits per heavy atom. The Hall–Kier alpha value is -2.11. The first kappa shape index (κ1) is 14.3. The first-order chi connectivity index (χ1) is 9.66. The van der Waals surface area contributed by atoms with Crippen LogP contribution in [0.15, 0.2) is 23.0 Å². The molecule has 0 atom stereocenters. The average Bonchev–Trinajstić information content (AvgIpc) is 3.04. The van der Waals surface area contributed by atoms with Crippen molar-refractivity contribution in [2.24, 2.45) is 0 Å². The maximum absolute atomic E-state index is 11.7. The summed E-state index contributed by atoms with van der Waals surface area (Å²) in [4.78, 5) is 11.7. The summed E-state index contributed by atoms with van der Waals surface area (Å²) in [6, 6.07) is 1.89. The molecule has 0 aromatic carbocycles. The SMILES string of the molecule is Cc1noc(C)c1CCC(=O)NCCCn1cccn1. The Kier molecular flexibility index (Phi) is 4.92. The number of carbonyl (C=O) groups is 1. The molecule has 0 aliphatic carbocycles. The van der Waals surface area contributed by atoms with Crippen molar-refractivity contribution in [2.75, 3.05) is 6.54 Å². The van der Waals surface area contributed by atoms with Gasteiger partial charge < -0.3 is 9.84 Å². The third-order valence-corrected chi connectivity index (χ3v) is 3.23. The molecule has 0 bridgehead atoms. The van der Waals surface area contributed by atoms with Crippen molar-refractivity contribution in [3.63, 3.8) is 0 Å². The zero-order valence-electron chi connectivity index (χ0n) is 11.9. The molecular weight excluding hydrogens is 256 g/mol. The van der Waals surface area contributed by atoms with E-state index in [0.29, 0.717) is 19.4 Å². The first-order valence-electron chi connectivity index (χ1n) is 6.82. The van der Waals surface area contributed by atoms with E-state index in [4.69, 9.17) is 4.52 Å². The normalized spacial score (nSPS) is 10.7. The van der Waals surface area contributed by atoms with E-state index in [1.807, 2.05) is 30.8 Å². The lowest BCUT2D eigenvalue weighted by molar-refractivity contribution is -0.121. The molecule has 2 heterocycles. The molecule has 1 N–H and O–H groups in total. The molecule has 6 nitrogen and oxygen atoms in total. The largest absolute Gasteiger partial charge is 0.361 e. The molecule has 0 saturated carbocycles. The highest BCUT2D eigenvalue weighted by Gasteiger charge is 2.10. The van der Waals surface area contributed by atoms with Crippen LogP contribution in [0.1, 0.15) is 29.9 Å². The molecule has 6 heteroatoms. The summed E-state index contributed by atoms with van der Waals surface area (Å²) in [6.07, 6.45) is 5.68. The summed E-state index contributed by atoms with van der Waals surface area (Å²) in [5.41, 5.74) is 1.91. The maximum atomic E-state index is 11.7. The summed E-state index contributed by atoms with van der Waals surface area (Å²) >= 11 is 0. The summed E-state index contributed by atoms with van der Waals surface area (Å²) in [5, 5.41) is 10.9. The van der Waals surface area contributed by atoms with Crippen LogP contribution < -0.4 is 5.32 Å². The van der Waals surface area contributed by atoms with Crippen LogP contribution >= 0.6 is 0 Å². The Balaban J connectivity index is 1.63. The van der Waals surface area contributed by atoms with Crippen molar-refractivity contribution >= 4 is 5.91 Å². The number of carbonyl (C=O) groups excluding carboxylic acids is 1. The standard InChI is InChI=1S/C14H20N4O2/c1-11-13(12(2)20-17-11)5-6-14(19)15-7-3-9-18-10-4-8-16-18/h4,8,10H,3,5-7,9H2,1-2H3,(H,15,19). The zero-order valence-corrected chi connectivity index (χ0v) is 11.9. The highest BCUT2D eigenvalue weighted by molar-refractivity contribution is 5.76. The van der Waals surface area contributed by atoms with Crippen LogP contribution in [0.5, 0.6) is 0 Å². The predicted octanol–water partition coefficient (Wildman–Crippen LogP) is 1.63. The van der Waals surface area contributed by atoms with Crippen LogP contribution in [0, 0.1) is 13.8 Å². The molecule has 0 unspecified atom stereocenters. The van der Waals surface area contributed by atoms with Gasteiger partial charge in [0, 0.05) is 37.5 Å². The van der Waals surface area contributed by atoms with Gasteiger partial charge in [0.2, 0.25) is 5.91 Å². The van der Waals surface area contributed by atoms with Gasteiger partial charge in [0.05, 0.1) is 5.69 Å². The quantitative estimate of drug-likeness (QED) is 0.780. The number of hydrogen-bond donors (Lipinski definition) is 1. The highest BCUT2D eigenvalue weighted by atomic mass is 16.5. The van der Waals surface area contributed by atoms with E-state index >= 15 is 0 Å². The molecule has 1 amide bonds.